The number of rotatable bonds is 2. The Labute approximate surface area is 132 Å². The molecule has 1 heterocycles. The van der Waals surface area contributed by atoms with Gasteiger partial charge in [-0.05, 0) is 18.2 Å². The number of benzene rings is 2. The molecule has 100 valence electrons. The van der Waals surface area contributed by atoms with Gasteiger partial charge in [-0.2, -0.15) is 0 Å². The molecule has 20 heavy (non-hydrogen) atoms. The van der Waals surface area contributed by atoms with Gasteiger partial charge in [-0.3, -0.25) is 4.99 Å². The molecule has 0 fully saturated rings. The number of nitrogens with zero attached hydrogens (tertiary/aromatic N) is 1. The predicted molar refractivity (Wildman–Crippen MR) is 92.2 cm³/mol. The average molecular weight is 345 g/mol. The zero-order valence-electron chi connectivity index (χ0n) is 10.7. The molecule has 1 aliphatic rings. The van der Waals surface area contributed by atoms with Crippen LogP contribution in [0.2, 0.25) is 0 Å². The van der Waals surface area contributed by atoms with E-state index in [1.807, 2.05) is 24.3 Å². The first-order valence-corrected chi connectivity index (χ1v) is 7.66. The van der Waals surface area contributed by atoms with Gasteiger partial charge in [0.05, 0.1) is 18.3 Å². The molecule has 3 rings (SSSR count). The standard InChI is InChI=1S/C16H13BrN2S/c17-12-6-7-15-14(8-12)16(11-4-2-1-3-5-11)18-9-13(10-20)19-15/h1-8,10,13,19H,9H2. The number of aliphatic imine (C=N–C) groups is 1. The lowest BCUT2D eigenvalue weighted by molar-refractivity contribution is 0.947. The highest BCUT2D eigenvalue weighted by atomic mass is 79.9. The largest absolute Gasteiger partial charge is 0.376 e. The van der Waals surface area contributed by atoms with Crippen LogP contribution in [0.5, 0.6) is 0 Å². The fraction of sp³-hybridized carbons (Fsp3) is 0.125. The van der Waals surface area contributed by atoms with Gasteiger partial charge in [0.2, 0.25) is 0 Å². The molecule has 0 spiro atoms. The maximum Gasteiger partial charge on any atom is 0.0742 e. The van der Waals surface area contributed by atoms with Crippen molar-refractivity contribution in [3.8, 4) is 0 Å². The first-order chi connectivity index (χ1) is 9.78. The molecule has 2 aromatic rings. The van der Waals surface area contributed by atoms with Crippen molar-refractivity contribution in [2.24, 2.45) is 4.99 Å². The van der Waals surface area contributed by atoms with Crippen LogP contribution in [0.1, 0.15) is 11.1 Å². The van der Waals surface area contributed by atoms with Crippen molar-refractivity contribution in [1.29, 1.82) is 0 Å². The lowest BCUT2D eigenvalue weighted by Gasteiger charge is -2.13. The van der Waals surface area contributed by atoms with Gasteiger partial charge in [0.25, 0.3) is 0 Å². The van der Waals surface area contributed by atoms with Gasteiger partial charge in [0, 0.05) is 26.7 Å². The van der Waals surface area contributed by atoms with Crippen LogP contribution in [0.25, 0.3) is 0 Å². The highest BCUT2D eigenvalue weighted by molar-refractivity contribution is 9.10. The van der Waals surface area contributed by atoms with Crippen molar-refractivity contribution in [1.82, 2.24) is 0 Å². The van der Waals surface area contributed by atoms with Crippen LogP contribution in [0, 0.1) is 0 Å². The molecule has 0 saturated heterocycles. The minimum Gasteiger partial charge on any atom is -0.376 e. The summed E-state index contributed by atoms with van der Waals surface area (Å²) in [6.45, 7) is 0.653. The Morgan fingerprint density at radius 2 is 2.00 bits per heavy atom. The zero-order valence-corrected chi connectivity index (χ0v) is 13.1. The molecule has 0 bridgehead atoms. The number of fused-ring (bicyclic) bond motifs is 1. The van der Waals surface area contributed by atoms with Crippen LogP contribution in [0.15, 0.2) is 58.0 Å². The Balaban J connectivity index is 2.16. The lowest BCUT2D eigenvalue weighted by Crippen LogP contribution is -2.22. The fourth-order valence-corrected chi connectivity index (χ4v) is 2.79. The van der Waals surface area contributed by atoms with Crippen molar-refractivity contribution in [2.75, 3.05) is 11.9 Å². The third kappa shape index (κ3) is 2.67. The number of anilines is 1. The minimum atomic E-state index is 0.0890. The van der Waals surface area contributed by atoms with Crippen LogP contribution in [0.3, 0.4) is 0 Å². The van der Waals surface area contributed by atoms with Crippen LogP contribution in [0.4, 0.5) is 5.69 Å². The second-order valence-electron chi connectivity index (χ2n) is 4.63. The number of thiocarbonyl (C=S) groups is 1. The Morgan fingerprint density at radius 1 is 1.20 bits per heavy atom. The van der Waals surface area contributed by atoms with E-state index in [1.54, 1.807) is 5.37 Å². The predicted octanol–water partition coefficient (Wildman–Crippen LogP) is 4.08. The van der Waals surface area contributed by atoms with Crippen LogP contribution >= 0.6 is 28.1 Å². The van der Waals surface area contributed by atoms with Gasteiger partial charge in [-0.25, -0.2) is 0 Å². The number of benzodiazepines with no additional fused rings is 1. The molecule has 1 unspecified atom stereocenters. The molecule has 0 aliphatic carbocycles. The number of halogens is 1. The second-order valence-corrected chi connectivity index (χ2v) is 5.82. The van der Waals surface area contributed by atoms with Gasteiger partial charge in [-0.1, -0.05) is 58.5 Å². The van der Waals surface area contributed by atoms with Crippen molar-refractivity contribution in [2.45, 2.75) is 6.04 Å². The van der Waals surface area contributed by atoms with E-state index in [1.165, 1.54) is 0 Å². The van der Waals surface area contributed by atoms with Gasteiger partial charge in [0.1, 0.15) is 0 Å². The van der Waals surface area contributed by atoms with Gasteiger partial charge in [0.15, 0.2) is 0 Å². The summed E-state index contributed by atoms with van der Waals surface area (Å²) >= 11 is 8.61. The molecule has 1 aliphatic heterocycles. The summed E-state index contributed by atoms with van der Waals surface area (Å²) in [4.78, 5) is 4.76. The van der Waals surface area contributed by atoms with Crippen molar-refractivity contribution >= 4 is 44.9 Å². The van der Waals surface area contributed by atoms with E-state index in [-0.39, 0.29) is 6.04 Å². The third-order valence-electron chi connectivity index (χ3n) is 3.24. The number of nitrogens with one attached hydrogen (secondary N) is 1. The Kier molecular flexibility index (Phi) is 3.94. The Bertz CT molecular complexity index is 667. The molecule has 2 nitrogen and oxygen atoms in total. The summed E-state index contributed by atoms with van der Waals surface area (Å²) < 4.78 is 1.04. The van der Waals surface area contributed by atoms with Crippen LogP contribution in [-0.4, -0.2) is 23.7 Å². The minimum absolute atomic E-state index is 0.0890. The molecule has 0 aromatic heterocycles. The summed E-state index contributed by atoms with van der Waals surface area (Å²) in [5.74, 6) is 0. The maximum absolute atomic E-state index is 5.08. The highest BCUT2D eigenvalue weighted by Gasteiger charge is 2.18. The molecular formula is C16H13BrN2S. The Morgan fingerprint density at radius 3 is 2.75 bits per heavy atom. The highest BCUT2D eigenvalue weighted by Crippen LogP contribution is 2.26. The second kappa shape index (κ2) is 5.85. The van der Waals surface area contributed by atoms with E-state index in [4.69, 9.17) is 17.2 Å². The van der Waals surface area contributed by atoms with Crippen LogP contribution in [-0.2, 0) is 0 Å². The average Bonchev–Trinajstić information content (AvgIpc) is 2.67. The molecular weight excluding hydrogens is 332 g/mol. The van der Waals surface area contributed by atoms with Gasteiger partial charge < -0.3 is 5.32 Å². The maximum atomic E-state index is 5.08. The van der Waals surface area contributed by atoms with E-state index in [0.717, 1.165) is 27.0 Å². The molecule has 0 saturated carbocycles. The van der Waals surface area contributed by atoms with Gasteiger partial charge in [-0.15, -0.1) is 0 Å². The molecule has 4 heteroatoms. The topological polar surface area (TPSA) is 24.4 Å². The first kappa shape index (κ1) is 13.5. The third-order valence-corrected chi connectivity index (χ3v) is 4.06. The Hall–Kier alpha value is -1.52. The molecule has 2 aromatic carbocycles. The smallest absolute Gasteiger partial charge is 0.0742 e. The zero-order chi connectivity index (χ0) is 13.9. The van der Waals surface area contributed by atoms with E-state index in [9.17, 15) is 0 Å². The quantitative estimate of drug-likeness (QED) is 0.830. The molecule has 0 amide bonds. The lowest BCUT2D eigenvalue weighted by atomic mass is 10.0. The normalized spacial score (nSPS) is 17.4. The van der Waals surface area contributed by atoms with E-state index < -0.39 is 0 Å². The van der Waals surface area contributed by atoms with Crippen molar-refractivity contribution in [3.05, 3.63) is 64.1 Å². The SMILES string of the molecule is S=CC1CN=C(c2ccccc2)c2cc(Br)ccc2N1. The molecule has 1 atom stereocenters. The first-order valence-electron chi connectivity index (χ1n) is 6.39. The molecule has 0 radical (unpaired) electrons. The van der Waals surface area contributed by atoms with Crippen molar-refractivity contribution < 1.29 is 0 Å². The van der Waals surface area contributed by atoms with E-state index >= 15 is 0 Å². The molecule has 1 N–H and O–H groups in total. The summed E-state index contributed by atoms with van der Waals surface area (Å²) in [7, 11) is 0. The monoisotopic (exact) mass is 344 g/mol. The summed E-state index contributed by atoms with van der Waals surface area (Å²) in [6.07, 6.45) is 0. The van der Waals surface area contributed by atoms with E-state index in [2.05, 4.69) is 45.5 Å². The van der Waals surface area contributed by atoms with Crippen LogP contribution < -0.4 is 5.32 Å². The number of hydrogen-bond donors (Lipinski definition) is 1. The van der Waals surface area contributed by atoms with Gasteiger partial charge >= 0.3 is 0 Å². The fourth-order valence-electron chi connectivity index (χ4n) is 2.28. The summed E-state index contributed by atoms with van der Waals surface area (Å²) in [5, 5.41) is 5.18. The van der Waals surface area contributed by atoms with E-state index in [0.29, 0.717) is 6.54 Å². The van der Waals surface area contributed by atoms with Crippen molar-refractivity contribution in [3.63, 3.8) is 0 Å². The summed E-state index contributed by atoms with van der Waals surface area (Å²) in [6, 6.07) is 16.5. The number of hydrogen-bond acceptors (Lipinski definition) is 3. The summed E-state index contributed by atoms with van der Waals surface area (Å²) in [5.41, 5.74) is 4.30.